The number of furan rings is 1. The number of nitrogens with one attached hydrogen (secondary N) is 1. The molecule has 12 heavy (non-hydrogen) atoms. The van der Waals surface area contributed by atoms with E-state index in [1.807, 2.05) is 6.92 Å². The second-order valence-corrected chi connectivity index (χ2v) is 2.33. The van der Waals surface area contributed by atoms with Gasteiger partial charge in [0, 0.05) is 5.56 Å². The Hall–Kier alpha value is -1.85. The molecule has 2 aromatic heterocycles. The first-order valence-corrected chi connectivity index (χ1v) is 3.34. The fourth-order valence-electron chi connectivity index (χ4n) is 0.912. The largest absolute Gasteiger partial charge is 0.446 e. The first kappa shape index (κ1) is 6.84. The van der Waals surface area contributed by atoms with Gasteiger partial charge in [0.05, 0.1) is 6.26 Å². The predicted molar refractivity (Wildman–Crippen MR) is 39.0 cm³/mol. The molecule has 0 saturated carbocycles. The second kappa shape index (κ2) is 2.33. The van der Waals surface area contributed by atoms with Crippen LogP contribution in [0, 0.1) is 6.92 Å². The summed E-state index contributed by atoms with van der Waals surface area (Å²) >= 11 is 0. The molecule has 6 heteroatoms. The van der Waals surface area contributed by atoms with Crippen LogP contribution in [0.25, 0.3) is 5.88 Å². The van der Waals surface area contributed by atoms with Gasteiger partial charge in [-0.05, 0) is 23.4 Å². The third kappa shape index (κ3) is 0.849. The summed E-state index contributed by atoms with van der Waals surface area (Å²) in [6.07, 6.45) is 1.49. The summed E-state index contributed by atoms with van der Waals surface area (Å²) in [5.41, 5.74) is 0.430. The van der Waals surface area contributed by atoms with E-state index in [1.54, 1.807) is 6.07 Å². The lowest BCUT2D eigenvalue weighted by atomic mass is 10.4. The molecule has 0 atom stereocenters. The van der Waals surface area contributed by atoms with Crippen molar-refractivity contribution in [2.24, 2.45) is 0 Å². The van der Waals surface area contributed by atoms with Crippen LogP contribution < -0.4 is 5.69 Å². The van der Waals surface area contributed by atoms with Gasteiger partial charge in [-0.2, -0.15) is 0 Å². The van der Waals surface area contributed by atoms with Gasteiger partial charge >= 0.3 is 5.69 Å². The maximum absolute atomic E-state index is 11.0. The number of rotatable bonds is 1. The van der Waals surface area contributed by atoms with Gasteiger partial charge < -0.3 is 4.42 Å². The molecule has 0 aliphatic carbocycles. The van der Waals surface area contributed by atoms with Crippen molar-refractivity contribution >= 4 is 0 Å². The number of hydrogen-bond acceptors (Lipinski definition) is 4. The molecule has 1 N–H and O–H groups in total. The molecule has 0 aliphatic rings. The van der Waals surface area contributed by atoms with E-state index in [0.29, 0.717) is 5.88 Å². The van der Waals surface area contributed by atoms with Crippen LogP contribution in [0.4, 0.5) is 0 Å². The normalized spacial score (nSPS) is 10.4. The Morgan fingerprint density at radius 1 is 1.67 bits per heavy atom. The molecule has 62 valence electrons. The van der Waals surface area contributed by atoms with Crippen LogP contribution in [-0.2, 0) is 0 Å². The summed E-state index contributed by atoms with van der Waals surface area (Å²) < 4.78 is 6.09. The van der Waals surface area contributed by atoms with Gasteiger partial charge in [-0.15, -0.1) is 4.68 Å². The van der Waals surface area contributed by atoms with Crippen LogP contribution in [-0.4, -0.2) is 20.2 Å². The van der Waals surface area contributed by atoms with E-state index in [-0.39, 0.29) is 0 Å². The molecule has 0 fully saturated rings. The number of hydrogen-bond donors (Lipinski definition) is 1. The number of aromatic nitrogens is 4. The fourth-order valence-corrected chi connectivity index (χ4v) is 0.912. The summed E-state index contributed by atoms with van der Waals surface area (Å²) in [5, 5.41) is 9.03. The van der Waals surface area contributed by atoms with E-state index in [0.717, 1.165) is 10.2 Å². The third-order valence-electron chi connectivity index (χ3n) is 1.50. The minimum Gasteiger partial charge on any atom is -0.446 e. The standard InChI is InChI=1S/C6H6N4O2/c1-4-2-3-12-5(4)10-6(11)7-8-9-10/h2-3H,1H3,(H,7,9,11). The molecule has 0 amide bonds. The van der Waals surface area contributed by atoms with Crippen molar-refractivity contribution in [3.8, 4) is 5.88 Å². The molecule has 0 bridgehead atoms. The Kier molecular flexibility index (Phi) is 1.33. The molecule has 0 spiro atoms. The van der Waals surface area contributed by atoms with E-state index >= 15 is 0 Å². The van der Waals surface area contributed by atoms with Crippen molar-refractivity contribution in [2.75, 3.05) is 0 Å². The average molecular weight is 166 g/mol. The Morgan fingerprint density at radius 2 is 2.50 bits per heavy atom. The summed E-state index contributed by atoms with van der Waals surface area (Å²) in [6, 6.07) is 1.75. The van der Waals surface area contributed by atoms with Crippen LogP contribution >= 0.6 is 0 Å². The molecule has 0 aliphatic heterocycles. The van der Waals surface area contributed by atoms with E-state index in [1.165, 1.54) is 6.26 Å². The highest BCUT2D eigenvalue weighted by Crippen LogP contribution is 2.10. The van der Waals surface area contributed by atoms with E-state index < -0.39 is 5.69 Å². The predicted octanol–water partition coefficient (Wildman–Crippen LogP) is -0.143. The average Bonchev–Trinajstić information content (AvgIpc) is 2.59. The minimum absolute atomic E-state index is 0.397. The molecule has 0 unspecified atom stereocenters. The van der Waals surface area contributed by atoms with Gasteiger partial charge in [0.25, 0.3) is 0 Å². The zero-order chi connectivity index (χ0) is 8.55. The van der Waals surface area contributed by atoms with Crippen molar-refractivity contribution in [3.05, 3.63) is 28.4 Å². The highest BCUT2D eigenvalue weighted by molar-refractivity contribution is 5.27. The Morgan fingerprint density at radius 3 is 3.00 bits per heavy atom. The Bertz CT molecular complexity index is 438. The summed E-state index contributed by atoms with van der Waals surface area (Å²) in [6.45, 7) is 1.82. The summed E-state index contributed by atoms with van der Waals surface area (Å²) in [7, 11) is 0. The zero-order valence-electron chi connectivity index (χ0n) is 6.31. The van der Waals surface area contributed by atoms with Gasteiger partial charge in [0.15, 0.2) is 0 Å². The molecular formula is C6H6N4O2. The van der Waals surface area contributed by atoms with Crippen LogP contribution in [0.1, 0.15) is 5.56 Å². The van der Waals surface area contributed by atoms with E-state index in [9.17, 15) is 4.79 Å². The van der Waals surface area contributed by atoms with Crippen molar-refractivity contribution in [3.63, 3.8) is 0 Å². The second-order valence-electron chi connectivity index (χ2n) is 2.33. The van der Waals surface area contributed by atoms with Crippen LogP contribution in [0.3, 0.4) is 0 Å². The maximum atomic E-state index is 11.0. The summed E-state index contributed by atoms with van der Waals surface area (Å²) in [4.78, 5) is 11.0. The first-order valence-electron chi connectivity index (χ1n) is 3.34. The Balaban J connectivity index is 2.65. The van der Waals surface area contributed by atoms with Crippen LogP contribution in [0.2, 0.25) is 0 Å². The molecule has 2 aromatic rings. The number of H-pyrrole nitrogens is 1. The highest BCUT2D eigenvalue weighted by Gasteiger charge is 2.08. The van der Waals surface area contributed by atoms with Gasteiger partial charge in [0.2, 0.25) is 5.88 Å². The molecule has 2 heterocycles. The quantitative estimate of drug-likeness (QED) is 0.639. The summed E-state index contributed by atoms with van der Waals surface area (Å²) in [5.74, 6) is 0.397. The first-order chi connectivity index (χ1) is 5.79. The van der Waals surface area contributed by atoms with Crippen molar-refractivity contribution in [1.29, 1.82) is 0 Å². The molecule has 2 rings (SSSR count). The van der Waals surface area contributed by atoms with Crippen molar-refractivity contribution < 1.29 is 4.42 Å². The number of tetrazole rings is 1. The number of aryl methyl sites for hydroxylation is 1. The zero-order valence-corrected chi connectivity index (χ0v) is 6.31. The molecule has 6 nitrogen and oxygen atoms in total. The van der Waals surface area contributed by atoms with Crippen LogP contribution in [0.15, 0.2) is 21.5 Å². The molecule has 0 aromatic carbocycles. The number of aromatic amines is 1. The van der Waals surface area contributed by atoms with Gasteiger partial charge in [0.1, 0.15) is 0 Å². The number of nitrogens with zero attached hydrogens (tertiary/aromatic N) is 3. The van der Waals surface area contributed by atoms with Gasteiger partial charge in [-0.1, -0.05) is 0 Å². The third-order valence-corrected chi connectivity index (χ3v) is 1.50. The molecule has 0 radical (unpaired) electrons. The molecule has 0 saturated heterocycles. The lowest BCUT2D eigenvalue weighted by Gasteiger charge is -1.91. The topological polar surface area (TPSA) is 76.7 Å². The monoisotopic (exact) mass is 166 g/mol. The molecular weight excluding hydrogens is 160 g/mol. The SMILES string of the molecule is Cc1ccoc1-n1nn[nH]c1=O. The lowest BCUT2D eigenvalue weighted by molar-refractivity contribution is 0.510. The van der Waals surface area contributed by atoms with Crippen LogP contribution in [0.5, 0.6) is 0 Å². The van der Waals surface area contributed by atoms with Gasteiger partial charge in [-0.25, -0.2) is 9.89 Å². The van der Waals surface area contributed by atoms with Crippen molar-refractivity contribution in [1.82, 2.24) is 20.2 Å². The van der Waals surface area contributed by atoms with Gasteiger partial charge in [-0.3, -0.25) is 0 Å². The smallest absolute Gasteiger partial charge is 0.368 e. The van der Waals surface area contributed by atoms with E-state index in [4.69, 9.17) is 4.42 Å². The Labute approximate surface area is 66.8 Å². The van der Waals surface area contributed by atoms with E-state index in [2.05, 4.69) is 15.5 Å². The maximum Gasteiger partial charge on any atom is 0.368 e. The fraction of sp³-hybridized carbons (Fsp3) is 0.167. The minimum atomic E-state index is -0.409. The highest BCUT2D eigenvalue weighted by atomic mass is 16.3. The lowest BCUT2D eigenvalue weighted by Crippen LogP contribution is -2.15. The van der Waals surface area contributed by atoms with Crippen molar-refractivity contribution in [2.45, 2.75) is 6.92 Å².